The van der Waals surface area contributed by atoms with Crippen molar-refractivity contribution in [3.05, 3.63) is 28.9 Å². The molecule has 108 valence electrons. The van der Waals surface area contributed by atoms with Crippen LogP contribution in [-0.2, 0) is 6.54 Å². The number of aryl methyl sites for hydroxylation is 1. The second-order valence-electron chi connectivity index (χ2n) is 4.20. The number of carbonyl (C=O) groups excluding carboxylic acids is 1. The molecule has 0 fully saturated rings. The lowest BCUT2D eigenvalue weighted by Crippen LogP contribution is -2.19. The van der Waals surface area contributed by atoms with Crippen molar-refractivity contribution in [3.63, 3.8) is 0 Å². The third kappa shape index (κ3) is 2.90. The topological polar surface area (TPSA) is 31.2 Å². The minimum atomic E-state index is -4.46. The summed E-state index contributed by atoms with van der Waals surface area (Å²) in [7, 11) is 0. The molecule has 1 aromatic carbocycles. The molecule has 0 radical (unpaired) electrons. The predicted octanol–water partition coefficient (Wildman–Crippen LogP) is 4.07. The van der Waals surface area contributed by atoms with Gasteiger partial charge in [0.05, 0.1) is 15.9 Å². The fourth-order valence-electron chi connectivity index (χ4n) is 1.96. The molecule has 0 N–H and O–H groups in total. The Balaban J connectivity index is 2.56. The van der Waals surface area contributed by atoms with Crippen LogP contribution in [0.15, 0.2) is 18.3 Å². The van der Waals surface area contributed by atoms with Crippen molar-refractivity contribution in [3.8, 4) is 5.75 Å². The van der Waals surface area contributed by atoms with Gasteiger partial charge in [0.15, 0.2) is 6.61 Å². The number of carbonyl (C=O) groups is 1. The van der Waals surface area contributed by atoms with Crippen LogP contribution in [0.1, 0.15) is 17.3 Å². The van der Waals surface area contributed by atoms with Crippen molar-refractivity contribution in [2.75, 3.05) is 6.61 Å². The van der Waals surface area contributed by atoms with Crippen molar-refractivity contribution in [2.45, 2.75) is 19.6 Å². The normalized spacial score (nSPS) is 11.8. The molecule has 0 saturated heterocycles. The Morgan fingerprint density at radius 3 is 2.65 bits per heavy atom. The van der Waals surface area contributed by atoms with Gasteiger partial charge >= 0.3 is 6.18 Å². The van der Waals surface area contributed by atoms with Crippen LogP contribution in [0.2, 0.25) is 5.02 Å². The summed E-state index contributed by atoms with van der Waals surface area (Å²) >= 11 is 6.04. The molecule has 0 saturated carbocycles. The number of hydrogen-bond donors (Lipinski definition) is 0. The summed E-state index contributed by atoms with van der Waals surface area (Å²) in [5.41, 5.74) is 0.804. The van der Waals surface area contributed by atoms with E-state index in [0.717, 1.165) is 0 Å². The second-order valence-corrected chi connectivity index (χ2v) is 4.61. The number of alkyl halides is 3. The third-order valence-electron chi connectivity index (χ3n) is 2.79. The maximum Gasteiger partial charge on any atom is 0.422 e. The zero-order valence-electron chi connectivity index (χ0n) is 10.5. The van der Waals surface area contributed by atoms with Gasteiger partial charge in [-0.3, -0.25) is 4.79 Å². The van der Waals surface area contributed by atoms with Crippen molar-refractivity contribution in [1.29, 1.82) is 0 Å². The lowest BCUT2D eigenvalue weighted by Gasteiger charge is -2.11. The standard InChI is InChI=1S/C13H11ClF3NO2/c1-2-18-5-9(14)12-10(18)3-8(6-19)4-11(12)20-7-13(15,16)17/h3-6H,2,7H2,1H3. The van der Waals surface area contributed by atoms with E-state index >= 15 is 0 Å². The first-order valence-corrected chi connectivity index (χ1v) is 6.20. The molecule has 7 heteroatoms. The zero-order valence-corrected chi connectivity index (χ0v) is 11.3. The molecule has 0 aliphatic heterocycles. The minimum Gasteiger partial charge on any atom is -0.483 e. The van der Waals surface area contributed by atoms with Gasteiger partial charge in [0.25, 0.3) is 0 Å². The fraction of sp³-hybridized carbons (Fsp3) is 0.308. The van der Waals surface area contributed by atoms with Gasteiger partial charge in [-0.05, 0) is 19.1 Å². The Bertz CT molecular complexity index is 649. The van der Waals surface area contributed by atoms with E-state index < -0.39 is 12.8 Å². The average molecular weight is 306 g/mol. The van der Waals surface area contributed by atoms with Crippen LogP contribution < -0.4 is 4.74 Å². The smallest absolute Gasteiger partial charge is 0.422 e. The highest BCUT2D eigenvalue weighted by molar-refractivity contribution is 6.36. The quantitative estimate of drug-likeness (QED) is 0.797. The summed E-state index contributed by atoms with van der Waals surface area (Å²) in [5, 5.41) is 0.667. The number of aromatic nitrogens is 1. The van der Waals surface area contributed by atoms with Crippen molar-refractivity contribution in [1.82, 2.24) is 4.57 Å². The van der Waals surface area contributed by atoms with Crippen LogP contribution in [0.25, 0.3) is 10.9 Å². The van der Waals surface area contributed by atoms with Gasteiger partial charge in [0, 0.05) is 18.3 Å². The molecule has 1 heterocycles. The molecule has 0 amide bonds. The maximum atomic E-state index is 12.3. The Morgan fingerprint density at radius 2 is 2.10 bits per heavy atom. The molecule has 1 aromatic heterocycles. The minimum absolute atomic E-state index is 0.0425. The molecule has 0 bridgehead atoms. The SMILES string of the molecule is CCn1cc(Cl)c2c(OCC(F)(F)F)cc(C=O)cc21. The number of rotatable bonds is 4. The van der Waals surface area contributed by atoms with Crippen molar-refractivity contribution in [2.24, 2.45) is 0 Å². The largest absolute Gasteiger partial charge is 0.483 e. The van der Waals surface area contributed by atoms with Gasteiger partial charge in [-0.1, -0.05) is 11.6 Å². The summed E-state index contributed by atoms with van der Waals surface area (Å²) < 4.78 is 43.3. The van der Waals surface area contributed by atoms with Crippen LogP contribution in [0.4, 0.5) is 13.2 Å². The van der Waals surface area contributed by atoms with Gasteiger partial charge in [-0.15, -0.1) is 0 Å². The van der Waals surface area contributed by atoms with E-state index in [0.29, 0.717) is 23.7 Å². The van der Waals surface area contributed by atoms with Gasteiger partial charge in [0.2, 0.25) is 0 Å². The second kappa shape index (κ2) is 5.36. The highest BCUT2D eigenvalue weighted by Gasteiger charge is 2.29. The fourth-order valence-corrected chi connectivity index (χ4v) is 2.27. The first-order valence-electron chi connectivity index (χ1n) is 5.83. The molecule has 20 heavy (non-hydrogen) atoms. The highest BCUT2D eigenvalue weighted by Crippen LogP contribution is 2.35. The third-order valence-corrected chi connectivity index (χ3v) is 3.08. The van der Waals surface area contributed by atoms with Crippen LogP contribution in [0, 0.1) is 0 Å². The number of fused-ring (bicyclic) bond motifs is 1. The van der Waals surface area contributed by atoms with E-state index in [-0.39, 0.29) is 16.3 Å². The molecule has 0 unspecified atom stereocenters. The van der Waals surface area contributed by atoms with E-state index in [4.69, 9.17) is 16.3 Å². The Hall–Kier alpha value is -1.69. The lowest BCUT2D eigenvalue weighted by atomic mass is 10.1. The van der Waals surface area contributed by atoms with Gasteiger partial charge in [0.1, 0.15) is 12.0 Å². The maximum absolute atomic E-state index is 12.3. The molecule has 0 atom stereocenters. The number of ether oxygens (including phenoxy) is 1. The van der Waals surface area contributed by atoms with Gasteiger partial charge in [-0.25, -0.2) is 0 Å². The number of nitrogens with zero attached hydrogens (tertiary/aromatic N) is 1. The van der Waals surface area contributed by atoms with E-state index in [2.05, 4.69) is 0 Å². The Labute approximate surface area is 117 Å². The first kappa shape index (κ1) is 14.7. The number of benzene rings is 1. The number of hydrogen-bond acceptors (Lipinski definition) is 2. The first-order chi connectivity index (χ1) is 9.35. The summed E-state index contributed by atoms with van der Waals surface area (Å²) in [5.74, 6) is -0.0425. The Morgan fingerprint density at radius 1 is 1.40 bits per heavy atom. The summed E-state index contributed by atoms with van der Waals surface area (Å²) in [6, 6.07) is 2.82. The van der Waals surface area contributed by atoms with Crippen LogP contribution in [-0.4, -0.2) is 23.6 Å². The van der Waals surface area contributed by atoms with Crippen LogP contribution in [0.3, 0.4) is 0 Å². The van der Waals surface area contributed by atoms with E-state index in [1.807, 2.05) is 6.92 Å². The summed E-state index contributed by atoms with van der Waals surface area (Å²) in [4.78, 5) is 10.9. The van der Waals surface area contributed by atoms with E-state index in [9.17, 15) is 18.0 Å². The van der Waals surface area contributed by atoms with E-state index in [1.165, 1.54) is 6.07 Å². The lowest BCUT2D eigenvalue weighted by molar-refractivity contribution is -0.153. The molecular formula is C13H11ClF3NO2. The molecule has 2 aromatic rings. The van der Waals surface area contributed by atoms with Gasteiger partial charge in [-0.2, -0.15) is 13.2 Å². The van der Waals surface area contributed by atoms with Crippen molar-refractivity contribution < 1.29 is 22.7 Å². The molecular weight excluding hydrogens is 295 g/mol. The molecule has 2 rings (SSSR count). The van der Waals surface area contributed by atoms with Crippen LogP contribution >= 0.6 is 11.6 Å². The molecule has 0 aliphatic rings. The average Bonchev–Trinajstić information content (AvgIpc) is 2.71. The van der Waals surface area contributed by atoms with E-state index in [1.54, 1.807) is 16.8 Å². The predicted molar refractivity (Wildman–Crippen MR) is 69.6 cm³/mol. The van der Waals surface area contributed by atoms with Gasteiger partial charge < -0.3 is 9.30 Å². The summed E-state index contributed by atoms with van der Waals surface area (Å²) in [6.07, 6.45) is -2.30. The Kier molecular flexibility index (Phi) is 3.94. The molecule has 0 spiro atoms. The highest BCUT2D eigenvalue weighted by atomic mass is 35.5. The molecule has 0 aliphatic carbocycles. The molecule has 3 nitrogen and oxygen atoms in total. The van der Waals surface area contributed by atoms with Crippen LogP contribution in [0.5, 0.6) is 5.75 Å². The van der Waals surface area contributed by atoms with Crippen molar-refractivity contribution >= 4 is 28.8 Å². The zero-order chi connectivity index (χ0) is 14.9. The number of aldehydes is 1. The number of halogens is 4. The summed E-state index contributed by atoms with van der Waals surface area (Å²) in [6.45, 7) is 1.00. The monoisotopic (exact) mass is 305 g/mol.